The molecule has 1 fully saturated rings. The monoisotopic (exact) mass is 219 g/mol. The van der Waals surface area contributed by atoms with E-state index >= 15 is 0 Å². The predicted octanol–water partition coefficient (Wildman–Crippen LogP) is 2.32. The predicted molar refractivity (Wildman–Crippen MR) is 63.1 cm³/mol. The van der Waals surface area contributed by atoms with Gasteiger partial charge in [0.2, 0.25) is 0 Å². The van der Waals surface area contributed by atoms with Crippen LogP contribution in [0.3, 0.4) is 0 Å². The lowest BCUT2D eigenvalue weighted by atomic mass is 9.84. The Bertz CT molecular complexity index is 355. The largest absolute Gasteiger partial charge is 0.380 e. The average molecular weight is 219 g/mol. The Morgan fingerprint density at radius 2 is 1.75 bits per heavy atom. The Morgan fingerprint density at radius 1 is 1.12 bits per heavy atom. The van der Waals surface area contributed by atoms with Crippen molar-refractivity contribution in [1.29, 1.82) is 0 Å². The molecule has 1 aromatic carbocycles. The summed E-state index contributed by atoms with van der Waals surface area (Å²) >= 11 is 0. The summed E-state index contributed by atoms with van der Waals surface area (Å²) in [5, 5.41) is 13.0. The lowest BCUT2D eigenvalue weighted by molar-refractivity contribution is -0.137. The summed E-state index contributed by atoms with van der Waals surface area (Å²) in [4.78, 5) is 11.9. The Kier molecular flexibility index (Phi) is 3.25. The SMILES string of the molecule is O=C(Nc1ccccc1)C1(O)CCCCC1. The van der Waals surface area contributed by atoms with Crippen LogP contribution in [0.4, 0.5) is 5.69 Å². The molecular formula is C13H17NO2. The molecule has 0 saturated heterocycles. The van der Waals surface area contributed by atoms with Crippen LogP contribution in [0, 0.1) is 0 Å². The molecule has 0 heterocycles. The first-order valence-corrected chi connectivity index (χ1v) is 5.80. The lowest BCUT2D eigenvalue weighted by Gasteiger charge is -2.30. The number of carbonyl (C=O) groups is 1. The molecule has 0 spiro atoms. The number of hydrogen-bond donors (Lipinski definition) is 2. The number of rotatable bonds is 2. The Hall–Kier alpha value is -1.35. The number of carbonyl (C=O) groups excluding carboxylic acids is 1. The van der Waals surface area contributed by atoms with Crippen LogP contribution in [0.5, 0.6) is 0 Å². The second-order valence-corrected chi connectivity index (χ2v) is 4.41. The first kappa shape index (κ1) is 11.1. The van der Waals surface area contributed by atoms with Crippen LogP contribution >= 0.6 is 0 Å². The topological polar surface area (TPSA) is 49.3 Å². The summed E-state index contributed by atoms with van der Waals surface area (Å²) in [5.74, 6) is -0.265. The van der Waals surface area contributed by atoms with E-state index in [1.54, 1.807) is 0 Å². The molecule has 2 rings (SSSR count). The van der Waals surface area contributed by atoms with E-state index in [4.69, 9.17) is 0 Å². The van der Waals surface area contributed by atoms with E-state index < -0.39 is 5.60 Å². The smallest absolute Gasteiger partial charge is 0.256 e. The van der Waals surface area contributed by atoms with Gasteiger partial charge in [-0.25, -0.2) is 0 Å². The standard InChI is InChI=1S/C13H17NO2/c15-12(13(16)9-5-2-6-10-13)14-11-7-3-1-4-8-11/h1,3-4,7-8,16H,2,5-6,9-10H2,(H,14,15). The maximum atomic E-state index is 11.9. The Balaban J connectivity index is 2.02. The van der Waals surface area contributed by atoms with Crippen LogP contribution in [-0.4, -0.2) is 16.6 Å². The molecule has 1 aliphatic rings. The van der Waals surface area contributed by atoms with E-state index in [-0.39, 0.29) is 5.91 Å². The summed E-state index contributed by atoms with van der Waals surface area (Å²) in [6.45, 7) is 0. The van der Waals surface area contributed by atoms with Crippen molar-refractivity contribution in [3.8, 4) is 0 Å². The van der Waals surface area contributed by atoms with Gasteiger partial charge in [0, 0.05) is 5.69 Å². The van der Waals surface area contributed by atoms with Gasteiger partial charge in [-0.3, -0.25) is 4.79 Å². The average Bonchev–Trinajstić information content (AvgIpc) is 2.31. The molecule has 16 heavy (non-hydrogen) atoms. The molecule has 0 atom stereocenters. The van der Waals surface area contributed by atoms with E-state index in [9.17, 15) is 9.90 Å². The summed E-state index contributed by atoms with van der Waals surface area (Å²) in [6, 6.07) is 9.26. The van der Waals surface area contributed by atoms with Crippen LogP contribution in [0.1, 0.15) is 32.1 Å². The maximum Gasteiger partial charge on any atom is 0.256 e. The van der Waals surface area contributed by atoms with Crippen LogP contribution in [0.15, 0.2) is 30.3 Å². The summed E-state index contributed by atoms with van der Waals surface area (Å²) in [7, 11) is 0. The van der Waals surface area contributed by atoms with Crippen LogP contribution < -0.4 is 5.32 Å². The molecule has 3 nitrogen and oxygen atoms in total. The van der Waals surface area contributed by atoms with Crippen molar-refractivity contribution < 1.29 is 9.90 Å². The number of nitrogens with one attached hydrogen (secondary N) is 1. The Morgan fingerprint density at radius 3 is 2.38 bits per heavy atom. The normalized spacial score (nSPS) is 19.1. The zero-order valence-corrected chi connectivity index (χ0v) is 9.28. The molecule has 3 heteroatoms. The van der Waals surface area contributed by atoms with Gasteiger partial charge in [0.25, 0.3) is 5.91 Å². The van der Waals surface area contributed by atoms with E-state index in [0.717, 1.165) is 24.9 Å². The van der Waals surface area contributed by atoms with Crippen LogP contribution in [-0.2, 0) is 4.79 Å². The summed E-state index contributed by atoms with van der Waals surface area (Å²) < 4.78 is 0. The van der Waals surface area contributed by atoms with Crippen LogP contribution in [0.2, 0.25) is 0 Å². The zero-order valence-electron chi connectivity index (χ0n) is 9.28. The molecule has 1 amide bonds. The molecule has 1 aliphatic carbocycles. The van der Waals surface area contributed by atoms with Gasteiger partial charge in [-0.2, -0.15) is 0 Å². The molecule has 86 valence electrons. The van der Waals surface area contributed by atoms with E-state index in [0.29, 0.717) is 12.8 Å². The minimum absolute atomic E-state index is 0.265. The van der Waals surface area contributed by atoms with Crippen molar-refractivity contribution in [1.82, 2.24) is 0 Å². The lowest BCUT2D eigenvalue weighted by Crippen LogP contribution is -2.44. The van der Waals surface area contributed by atoms with Gasteiger partial charge in [0.1, 0.15) is 5.60 Å². The molecule has 0 bridgehead atoms. The first-order valence-electron chi connectivity index (χ1n) is 5.80. The number of aliphatic hydroxyl groups is 1. The number of hydrogen-bond acceptors (Lipinski definition) is 2. The molecular weight excluding hydrogens is 202 g/mol. The molecule has 1 saturated carbocycles. The molecule has 0 radical (unpaired) electrons. The fraction of sp³-hybridized carbons (Fsp3) is 0.462. The van der Waals surface area contributed by atoms with Crippen molar-refractivity contribution in [3.63, 3.8) is 0 Å². The number of anilines is 1. The van der Waals surface area contributed by atoms with E-state index in [1.165, 1.54) is 0 Å². The van der Waals surface area contributed by atoms with Crippen molar-refractivity contribution in [3.05, 3.63) is 30.3 Å². The van der Waals surface area contributed by atoms with Crippen molar-refractivity contribution >= 4 is 11.6 Å². The molecule has 0 aromatic heterocycles. The van der Waals surface area contributed by atoms with Crippen LogP contribution in [0.25, 0.3) is 0 Å². The van der Waals surface area contributed by atoms with Crippen molar-refractivity contribution in [2.24, 2.45) is 0 Å². The zero-order chi connectivity index (χ0) is 11.4. The fourth-order valence-corrected chi connectivity index (χ4v) is 2.13. The second kappa shape index (κ2) is 4.66. The van der Waals surface area contributed by atoms with E-state index in [2.05, 4.69) is 5.32 Å². The highest BCUT2D eigenvalue weighted by Crippen LogP contribution is 2.29. The second-order valence-electron chi connectivity index (χ2n) is 4.41. The maximum absolute atomic E-state index is 11.9. The first-order chi connectivity index (χ1) is 7.71. The minimum Gasteiger partial charge on any atom is -0.380 e. The quantitative estimate of drug-likeness (QED) is 0.802. The number of para-hydroxylation sites is 1. The third-order valence-electron chi connectivity index (χ3n) is 3.14. The van der Waals surface area contributed by atoms with Gasteiger partial charge < -0.3 is 10.4 Å². The summed E-state index contributed by atoms with van der Waals surface area (Å²) in [6.07, 6.45) is 4.12. The van der Waals surface area contributed by atoms with Crippen molar-refractivity contribution in [2.45, 2.75) is 37.7 Å². The fourth-order valence-electron chi connectivity index (χ4n) is 2.13. The molecule has 0 unspecified atom stereocenters. The van der Waals surface area contributed by atoms with Gasteiger partial charge in [-0.1, -0.05) is 37.5 Å². The third kappa shape index (κ3) is 2.42. The molecule has 2 N–H and O–H groups in total. The van der Waals surface area contributed by atoms with Gasteiger partial charge >= 0.3 is 0 Å². The number of benzene rings is 1. The van der Waals surface area contributed by atoms with Gasteiger partial charge in [-0.15, -0.1) is 0 Å². The minimum atomic E-state index is -1.16. The van der Waals surface area contributed by atoms with E-state index in [1.807, 2.05) is 30.3 Å². The third-order valence-corrected chi connectivity index (χ3v) is 3.14. The highest BCUT2D eigenvalue weighted by Gasteiger charge is 2.36. The highest BCUT2D eigenvalue weighted by atomic mass is 16.3. The Labute approximate surface area is 95.5 Å². The molecule has 0 aliphatic heterocycles. The van der Waals surface area contributed by atoms with Gasteiger partial charge in [0.05, 0.1) is 0 Å². The number of amides is 1. The van der Waals surface area contributed by atoms with Gasteiger partial charge in [0.15, 0.2) is 0 Å². The summed E-state index contributed by atoms with van der Waals surface area (Å²) in [5.41, 5.74) is -0.417. The molecule has 1 aromatic rings. The van der Waals surface area contributed by atoms with Gasteiger partial charge in [-0.05, 0) is 25.0 Å². The van der Waals surface area contributed by atoms with Crippen molar-refractivity contribution in [2.75, 3.05) is 5.32 Å². The highest BCUT2D eigenvalue weighted by molar-refractivity contribution is 5.97.